The minimum absolute atomic E-state index is 0.471. The molecule has 0 aromatic carbocycles. The maximum Gasteiger partial charge on any atom is 0.321 e. The molecular weight excluding hydrogens is 214 g/mol. The Balaban J connectivity index is 2.00. The van der Waals surface area contributed by atoms with Crippen molar-refractivity contribution in [3.05, 3.63) is 18.7 Å². The molecule has 0 radical (unpaired) electrons. The van der Waals surface area contributed by atoms with E-state index in [1.165, 1.54) is 0 Å². The average Bonchev–Trinajstić information content (AvgIpc) is 2.69. The van der Waals surface area contributed by atoms with E-state index in [9.17, 15) is 4.79 Å². The highest BCUT2D eigenvalue weighted by Crippen LogP contribution is 2.05. The Morgan fingerprint density at radius 2 is 2.47 bits per heavy atom. The number of thioether (sulfide) groups is 1. The first-order chi connectivity index (χ1) is 7.20. The number of aromatic nitrogens is 2. The first kappa shape index (κ1) is 12.1. The third-order valence-electron chi connectivity index (χ3n) is 1.88. The lowest BCUT2D eigenvalue weighted by Gasteiger charge is -2.05. The molecule has 3 N–H and O–H groups in total. The zero-order valence-corrected chi connectivity index (χ0v) is 9.19. The van der Waals surface area contributed by atoms with Crippen LogP contribution in [-0.2, 0) is 11.3 Å². The summed E-state index contributed by atoms with van der Waals surface area (Å²) in [5.74, 6) is 0.454. The SMILES string of the molecule is NC(CSCCCn1ccnc1)C(=O)O. The van der Waals surface area contributed by atoms with Crippen molar-refractivity contribution < 1.29 is 9.90 Å². The highest BCUT2D eigenvalue weighted by Gasteiger charge is 2.10. The highest BCUT2D eigenvalue weighted by molar-refractivity contribution is 7.99. The number of carboxylic acid groups (broad SMARTS) is 1. The molecule has 15 heavy (non-hydrogen) atoms. The van der Waals surface area contributed by atoms with Gasteiger partial charge in [0.25, 0.3) is 0 Å². The van der Waals surface area contributed by atoms with Crippen LogP contribution in [0, 0.1) is 0 Å². The number of rotatable bonds is 7. The van der Waals surface area contributed by atoms with Crippen LogP contribution in [0.1, 0.15) is 6.42 Å². The molecule has 0 fully saturated rings. The second kappa shape index (κ2) is 6.47. The minimum Gasteiger partial charge on any atom is -0.480 e. The summed E-state index contributed by atoms with van der Waals surface area (Å²) < 4.78 is 2.00. The number of carbonyl (C=O) groups is 1. The van der Waals surface area contributed by atoms with E-state index in [2.05, 4.69) is 4.98 Å². The number of aryl methyl sites for hydroxylation is 1. The molecule has 84 valence electrons. The van der Waals surface area contributed by atoms with E-state index in [4.69, 9.17) is 10.8 Å². The first-order valence-corrected chi connectivity index (χ1v) is 5.87. The van der Waals surface area contributed by atoms with Gasteiger partial charge in [0.05, 0.1) is 6.33 Å². The maximum absolute atomic E-state index is 10.4. The van der Waals surface area contributed by atoms with Gasteiger partial charge in [0, 0.05) is 24.7 Å². The van der Waals surface area contributed by atoms with Crippen molar-refractivity contribution in [1.82, 2.24) is 9.55 Å². The average molecular weight is 229 g/mol. The summed E-state index contributed by atoms with van der Waals surface area (Å²) in [6.45, 7) is 0.912. The molecule has 0 aliphatic heterocycles. The highest BCUT2D eigenvalue weighted by atomic mass is 32.2. The molecule has 0 saturated carbocycles. The largest absolute Gasteiger partial charge is 0.480 e. The first-order valence-electron chi connectivity index (χ1n) is 4.72. The van der Waals surface area contributed by atoms with Gasteiger partial charge in [0.15, 0.2) is 0 Å². The van der Waals surface area contributed by atoms with Crippen LogP contribution in [0.15, 0.2) is 18.7 Å². The summed E-state index contributed by atoms with van der Waals surface area (Å²) in [7, 11) is 0. The van der Waals surface area contributed by atoms with Crippen molar-refractivity contribution in [2.75, 3.05) is 11.5 Å². The maximum atomic E-state index is 10.4. The quantitative estimate of drug-likeness (QED) is 0.662. The number of aliphatic carboxylic acids is 1. The monoisotopic (exact) mass is 229 g/mol. The lowest BCUT2D eigenvalue weighted by atomic mass is 10.4. The molecule has 1 aromatic rings. The predicted octanol–water partition coefficient (Wildman–Crippen LogP) is 0.418. The Hall–Kier alpha value is -1.01. The Kier molecular flexibility index (Phi) is 5.20. The summed E-state index contributed by atoms with van der Waals surface area (Å²) in [6, 6.07) is -0.747. The van der Waals surface area contributed by atoms with Gasteiger partial charge in [-0.05, 0) is 12.2 Å². The Labute approximate surface area is 92.7 Å². The van der Waals surface area contributed by atoms with Crippen molar-refractivity contribution >= 4 is 17.7 Å². The van der Waals surface area contributed by atoms with Crippen LogP contribution in [0.5, 0.6) is 0 Å². The predicted molar refractivity (Wildman–Crippen MR) is 59.8 cm³/mol. The van der Waals surface area contributed by atoms with Gasteiger partial charge in [0.2, 0.25) is 0 Å². The summed E-state index contributed by atoms with van der Waals surface area (Å²) >= 11 is 1.57. The number of nitrogens with zero attached hydrogens (tertiary/aromatic N) is 2. The van der Waals surface area contributed by atoms with Crippen LogP contribution in [0.2, 0.25) is 0 Å². The van der Waals surface area contributed by atoms with E-state index in [0.717, 1.165) is 18.7 Å². The molecular formula is C9H15N3O2S. The second-order valence-electron chi connectivity index (χ2n) is 3.17. The molecule has 0 saturated heterocycles. The number of nitrogens with two attached hydrogens (primary N) is 1. The summed E-state index contributed by atoms with van der Waals surface area (Å²) in [5, 5.41) is 8.54. The van der Waals surface area contributed by atoms with E-state index in [-0.39, 0.29) is 0 Å². The number of imidazole rings is 1. The van der Waals surface area contributed by atoms with Crippen LogP contribution < -0.4 is 5.73 Å². The molecule has 1 aromatic heterocycles. The normalized spacial score (nSPS) is 12.6. The van der Waals surface area contributed by atoms with Gasteiger partial charge >= 0.3 is 5.97 Å². The van der Waals surface area contributed by atoms with Gasteiger partial charge in [-0.1, -0.05) is 0 Å². The van der Waals surface area contributed by atoms with Gasteiger partial charge in [-0.15, -0.1) is 0 Å². The van der Waals surface area contributed by atoms with Crippen molar-refractivity contribution in [2.24, 2.45) is 5.73 Å². The minimum atomic E-state index is -0.933. The van der Waals surface area contributed by atoms with Crippen LogP contribution >= 0.6 is 11.8 Å². The molecule has 0 bridgehead atoms. The van der Waals surface area contributed by atoms with Crippen LogP contribution in [-0.4, -0.2) is 38.2 Å². The van der Waals surface area contributed by atoms with Crippen molar-refractivity contribution in [3.63, 3.8) is 0 Å². The summed E-state index contributed by atoms with van der Waals surface area (Å²) in [4.78, 5) is 14.3. The van der Waals surface area contributed by atoms with Crippen LogP contribution in [0.25, 0.3) is 0 Å². The second-order valence-corrected chi connectivity index (χ2v) is 4.32. The topological polar surface area (TPSA) is 81.1 Å². The van der Waals surface area contributed by atoms with Gasteiger partial charge < -0.3 is 15.4 Å². The number of hydrogen-bond donors (Lipinski definition) is 2. The Morgan fingerprint density at radius 1 is 1.67 bits per heavy atom. The van der Waals surface area contributed by atoms with Gasteiger partial charge in [-0.2, -0.15) is 11.8 Å². The van der Waals surface area contributed by atoms with Gasteiger partial charge in [-0.3, -0.25) is 4.79 Å². The van der Waals surface area contributed by atoms with Crippen LogP contribution in [0.3, 0.4) is 0 Å². The van der Waals surface area contributed by atoms with Crippen molar-refractivity contribution in [1.29, 1.82) is 0 Å². The standard InChI is InChI=1S/C9H15N3O2S/c10-8(9(13)14)6-15-5-1-3-12-4-2-11-7-12/h2,4,7-8H,1,3,5-6,10H2,(H,13,14). The molecule has 0 aliphatic carbocycles. The van der Waals surface area contributed by atoms with E-state index >= 15 is 0 Å². The fraction of sp³-hybridized carbons (Fsp3) is 0.556. The van der Waals surface area contributed by atoms with E-state index in [1.807, 2.05) is 10.8 Å². The van der Waals surface area contributed by atoms with Crippen molar-refractivity contribution in [3.8, 4) is 0 Å². The zero-order chi connectivity index (χ0) is 11.1. The molecule has 1 unspecified atom stereocenters. The molecule has 0 amide bonds. The third-order valence-corrected chi connectivity index (χ3v) is 3.05. The Bertz CT molecular complexity index is 290. The number of carboxylic acids is 1. The molecule has 1 atom stereocenters. The Morgan fingerprint density at radius 3 is 3.07 bits per heavy atom. The molecule has 6 heteroatoms. The molecule has 1 heterocycles. The van der Waals surface area contributed by atoms with Gasteiger partial charge in [0.1, 0.15) is 6.04 Å². The fourth-order valence-electron chi connectivity index (χ4n) is 1.05. The van der Waals surface area contributed by atoms with E-state index < -0.39 is 12.0 Å². The molecule has 1 rings (SSSR count). The van der Waals surface area contributed by atoms with E-state index in [0.29, 0.717) is 5.75 Å². The lowest BCUT2D eigenvalue weighted by Crippen LogP contribution is -2.32. The third kappa shape index (κ3) is 4.85. The summed E-state index contributed by atoms with van der Waals surface area (Å²) in [5.41, 5.74) is 5.36. The molecule has 0 aliphatic rings. The van der Waals surface area contributed by atoms with Gasteiger partial charge in [-0.25, -0.2) is 4.98 Å². The molecule has 5 nitrogen and oxygen atoms in total. The number of hydrogen-bond acceptors (Lipinski definition) is 4. The fourth-order valence-corrected chi connectivity index (χ4v) is 1.95. The van der Waals surface area contributed by atoms with E-state index in [1.54, 1.807) is 24.3 Å². The lowest BCUT2D eigenvalue weighted by molar-refractivity contribution is -0.137. The zero-order valence-electron chi connectivity index (χ0n) is 8.37. The molecule has 0 spiro atoms. The van der Waals surface area contributed by atoms with Crippen molar-refractivity contribution in [2.45, 2.75) is 19.0 Å². The van der Waals surface area contributed by atoms with Crippen LogP contribution in [0.4, 0.5) is 0 Å². The summed E-state index contributed by atoms with van der Waals surface area (Å²) in [6.07, 6.45) is 6.42. The smallest absolute Gasteiger partial charge is 0.321 e.